The largest absolute Gasteiger partial charge is 0.330 e. The van der Waals surface area contributed by atoms with Crippen LogP contribution in [0.3, 0.4) is 0 Å². The number of halogens is 1. The van der Waals surface area contributed by atoms with Crippen molar-refractivity contribution >= 4 is 0 Å². The first-order chi connectivity index (χ1) is 3.31. The molecule has 0 aromatic rings. The number of rotatable bonds is 2. The van der Waals surface area contributed by atoms with Crippen LogP contribution in [0, 0.1) is 12.3 Å². The van der Waals surface area contributed by atoms with Crippen LogP contribution in [0.5, 0.6) is 0 Å². The molecular formula is C5H8FN. The average Bonchev–Trinajstić information content (AvgIpc) is 1.68. The molecule has 0 aromatic heterocycles. The minimum Gasteiger partial charge on any atom is -0.330 e. The molecule has 0 aromatic carbocycles. The van der Waals surface area contributed by atoms with Crippen molar-refractivity contribution in [1.29, 1.82) is 0 Å². The zero-order chi connectivity index (χ0) is 5.70. The molecule has 0 heterocycles. The van der Waals surface area contributed by atoms with E-state index in [-0.39, 0.29) is 6.42 Å². The third-order valence-corrected chi connectivity index (χ3v) is 0.601. The van der Waals surface area contributed by atoms with Crippen LogP contribution in [0.1, 0.15) is 6.42 Å². The Morgan fingerprint density at radius 1 is 1.86 bits per heavy atom. The van der Waals surface area contributed by atoms with Gasteiger partial charge in [-0.15, -0.1) is 6.42 Å². The molecule has 2 heteroatoms. The van der Waals surface area contributed by atoms with Gasteiger partial charge in [0.25, 0.3) is 0 Å². The second-order valence-electron chi connectivity index (χ2n) is 1.21. The zero-order valence-electron chi connectivity index (χ0n) is 4.02. The maximum atomic E-state index is 11.8. The zero-order valence-corrected chi connectivity index (χ0v) is 4.02. The Bertz CT molecular complexity index is 74.6. The van der Waals surface area contributed by atoms with Gasteiger partial charge in [0.05, 0.1) is 0 Å². The standard InChI is InChI=1S/C5H8FN/c1-2-5(6)3-4-7/h1,5H,3-4,7H2. The van der Waals surface area contributed by atoms with Crippen molar-refractivity contribution in [2.75, 3.05) is 6.54 Å². The second-order valence-corrected chi connectivity index (χ2v) is 1.21. The Hall–Kier alpha value is -0.550. The van der Waals surface area contributed by atoms with Gasteiger partial charge < -0.3 is 5.73 Å². The third-order valence-electron chi connectivity index (χ3n) is 0.601. The van der Waals surface area contributed by atoms with Gasteiger partial charge in [-0.25, -0.2) is 4.39 Å². The van der Waals surface area contributed by atoms with E-state index in [9.17, 15) is 4.39 Å². The highest BCUT2D eigenvalue weighted by Crippen LogP contribution is 1.90. The van der Waals surface area contributed by atoms with E-state index < -0.39 is 6.17 Å². The van der Waals surface area contributed by atoms with Crippen molar-refractivity contribution < 1.29 is 4.39 Å². The summed E-state index contributed by atoms with van der Waals surface area (Å²) >= 11 is 0. The lowest BCUT2D eigenvalue weighted by atomic mass is 10.3. The SMILES string of the molecule is C#CC(F)CCN. The van der Waals surface area contributed by atoms with Crippen LogP contribution in [0.25, 0.3) is 0 Å². The van der Waals surface area contributed by atoms with E-state index in [2.05, 4.69) is 6.42 Å². The maximum absolute atomic E-state index is 11.8. The van der Waals surface area contributed by atoms with Gasteiger partial charge in [0.2, 0.25) is 0 Å². The summed E-state index contributed by atoms with van der Waals surface area (Å²) < 4.78 is 11.8. The Kier molecular flexibility index (Phi) is 3.35. The molecule has 0 saturated carbocycles. The van der Waals surface area contributed by atoms with Gasteiger partial charge in [0.1, 0.15) is 0 Å². The van der Waals surface area contributed by atoms with Gasteiger partial charge in [-0.3, -0.25) is 0 Å². The molecular weight excluding hydrogens is 93.1 g/mol. The minimum atomic E-state index is -1.15. The van der Waals surface area contributed by atoms with Crippen LogP contribution in [0.4, 0.5) is 4.39 Å². The van der Waals surface area contributed by atoms with Crippen molar-refractivity contribution in [2.24, 2.45) is 5.73 Å². The number of hydrogen-bond acceptors (Lipinski definition) is 1. The Balaban J connectivity index is 3.04. The summed E-state index contributed by atoms with van der Waals surface area (Å²) in [5.41, 5.74) is 4.97. The summed E-state index contributed by atoms with van der Waals surface area (Å²) in [5, 5.41) is 0. The van der Waals surface area contributed by atoms with Gasteiger partial charge in [-0.2, -0.15) is 0 Å². The second kappa shape index (κ2) is 3.63. The fraction of sp³-hybridized carbons (Fsp3) is 0.600. The summed E-state index contributed by atoms with van der Waals surface area (Å²) in [6, 6.07) is 0. The lowest BCUT2D eigenvalue weighted by molar-refractivity contribution is 0.395. The van der Waals surface area contributed by atoms with Crippen LogP contribution in [0.2, 0.25) is 0 Å². The summed E-state index contributed by atoms with van der Waals surface area (Å²) in [5.74, 6) is 1.92. The molecule has 0 spiro atoms. The molecule has 1 nitrogen and oxygen atoms in total. The van der Waals surface area contributed by atoms with E-state index in [4.69, 9.17) is 5.73 Å². The fourth-order valence-electron chi connectivity index (χ4n) is 0.230. The van der Waals surface area contributed by atoms with E-state index in [0.717, 1.165) is 0 Å². The summed E-state index contributed by atoms with van der Waals surface area (Å²) in [6.07, 6.45) is 3.80. The van der Waals surface area contributed by atoms with Gasteiger partial charge in [0, 0.05) is 6.42 Å². The first-order valence-electron chi connectivity index (χ1n) is 2.11. The number of hydrogen-bond donors (Lipinski definition) is 1. The molecule has 0 fully saturated rings. The molecule has 40 valence electrons. The smallest absolute Gasteiger partial charge is 0.161 e. The summed E-state index contributed by atoms with van der Waals surface area (Å²) in [7, 11) is 0. The molecule has 0 aliphatic rings. The molecule has 7 heavy (non-hydrogen) atoms. The van der Waals surface area contributed by atoms with Gasteiger partial charge in [-0.05, 0) is 6.54 Å². The summed E-state index contributed by atoms with van der Waals surface area (Å²) in [4.78, 5) is 0. The predicted octanol–water partition coefficient (Wildman–Crippen LogP) is 0.307. The fourth-order valence-corrected chi connectivity index (χ4v) is 0.230. The Labute approximate surface area is 42.7 Å². The first kappa shape index (κ1) is 6.45. The van der Waals surface area contributed by atoms with Crippen LogP contribution in [-0.4, -0.2) is 12.7 Å². The monoisotopic (exact) mass is 101 g/mol. The number of terminal acetylenes is 1. The van der Waals surface area contributed by atoms with E-state index in [0.29, 0.717) is 6.54 Å². The number of alkyl halides is 1. The minimum absolute atomic E-state index is 0.274. The van der Waals surface area contributed by atoms with Crippen molar-refractivity contribution in [3.8, 4) is 12.3 Å². The lowest BCUT2D eigenvalue weighted by Crippen LogP contribution is -2.06. The number of nitrogens with two attached hydrogens (primary N) is 1. The highest BCUT2D eigenvalue weighted by molar-refractivity contribution is 4.93. The van der Waals surface area contributed by atoms with E-state index in [1.54, 1.807) is 0 Å². The quantitative estimate of drug-likeness (QED) is 0.497. The molecule has 0 radical (unpaired) electrons. The lowest BCUT2D eigenvalue weighted by Gasteiger charge is -1.91. The highest BCUT2D eigenvalue weighted by atomic mass is 19.1. The Morgan fingerprint density at radius 2 is 2.43 bits per heavy atom. The molecule has 1 atom stereocenters. The normalized spacial score (nSPS) is 12.7. The molecule has 1 unspecified atom stereocenters. The molecule has 0 bridgehead atoms. The van der Waals surface area contributed by atoms with Gasteiger partial charge in [-0.1, -0.05) is 5.92 Å². The molecule has 0 saturated heterocycles. The predicted molar refractivity (Wildman–Crippen MR) is 27.4 cm³/mol. The van der Waals surface area contributed by atoms with Crippen LogP contribution < -0.4 is 5.73 Å². The van der Waals surface area contributed by atoms with Crippen molar-refractivity contribution in [2.45, 2.75) is 12.6 Å². The molecule has 0 aliphatic carbocycles. The molecule has 0 aliphatic heterocycles. The third kappa shape index (κ3) is 3.28. The molecule has 2 N–H and O–H groups in total. The summed E-state index contributed by atoms with van der Waals surface area (Å²) in [6.45, 7) is 0.325. The van der Waals surface area contributed by atoms with Crippen LogP contribution in [0.15, 0.2) is 0 Å². The average molecular weight is 101 g/mol. The molecule has 0 amide bonds. The van der Waals surface area contributed by atoms with E-state index in [1.165, 1.54) is 0 Å². The molecule has 0 rings (SSSR count). The van der Waals surface area contributed by atoms with Crippen molar-refractivity contribution in [1.82, 2.24) is 0 Å². The Morgan fingerprint density at radius 3 is 2.57 bits per heavy atom. The van der Waals surface area contributed by atoms with Gasteiger partial charge in [0.15, 0.2) is 6.17 Å². The van der Waals surface area contributed by atoms with E-state index in [1.807, 2.05) is 5.92 Å². The van der Waals surface area contributed by atoms with Crippen LogP contribution in [-0.2, 0) is 0 Å². The van der Waals surface area contributed by atoms with Crippen molar-refractivity contribution in [3.05, 3.63) is 0 Å². The topological polar surface area (TPSA) is 26.0 Å². The van der Waals surface area contributed by atoms with E-state index >= 15 is 0 Å². The highest BCUT2D eigenvalue weighted by Gasteiger charge is 1.95. The van der Waals surface area contributed by atoms with Crippen molar-refractivity contribution in [3.63, 3.8) is 0 Å². The van der Waals surface area contributed by atoms with Gasteiger partial charge >= 0.3 is 0 Å². The first-order valence-corrected chi connectivity index (χ1v) is 2.11. The van der Waals surface area contributed by atoms with Crippen LogP contribution >= 0.6 is 0 Å². The maximum Gasteiger partial charge on any atom is 0.161 e.